The molecule has 0 saturated heterocycles. The first-order valence-corrected chi connectivity index (χ1v) is 9.13. The first-order valence-electron chi connectivity index (χ1n) is 7.37. The lowest BCUT2D eigenvalue weighted by molar-refractivity contribution is 0.929. The van der Waals surface area contributed by atoms with Crippen LogP contribution in [0.5, 0.6) is 0 Å². The van der Waals surface area contributed by atoms with E-state index in [-0.39, 0.29) is 6.04 Å². The van der Waals surface area contributed by atoms with Crippen LogP contribution < -0.4 is 5.32 Å². The molecule has 3 heterocycles. The normalized spacial score (nSPS) is 17.0. The molecule has 1 aromatic carbocycles. The Labute approximate surface area is 143 Å². The molecule has 1 aliphatic heterocycles. The number of hydrogen-bond donors (Lipinski definition) is 1. The molecule has 0 radical (unpaired) electrons. The Morgan fingerprint density at radius 3 is 2.52 bits per heavy atom. The second-order valence-electron chi connectivity index (χ2n) is 5.14. The molecule has 0 spiro atoms. The molecule has 23 heavy (non-hydrogen) atoms. The summed E-state index contributed by atoms with van der Waals surface area (Å²) in [5, 5.41) is 7.41. The van der Waals surface area contributed by atoms with Gasteiger partial charge >= 0.3 is 0 Å². The second-order valence-corrected chi connectivity index (χ2v) is 7.06. The molecule has 4 rings (SSSR count). The van der Waals surface area contributed by atoms with Gasteiger partial charge in [0, 0.05) is 17.5 Å². The van der Waals surface area contributed by atoms with E-state index in [9.17, 15) is 0 Å². The maximum absolute atomic E-state index is 5.10. The zero-order valence-electron chi connectivity index (χ0n) is 12.6. The van der Waals surface area contributed by atoms with Gasteiger partial charge in [0.05, 0.1) is 16.3 Å². The quantitative estimate of drug-likeness (QED) is 0.726. The monoisotopic (exact) mass is 337 g/mol. The van der Waals surface area contributed by atoms with Crippen LogP contribution in [-0.4, -0.2) is 18.6 Å². The van der Waals surface area contributed by atoms with Gasteiger partial charge in [0.1, 0.15) is 11.9 Å². The van der Waals surface area contributed by atoms with Gasteiger partial charge in [-0.3, -0.25) is 4.99 Å². The smallest absolute Gasteiger partial charge is 0.142 e. The van der Waals surface area contributed by atoms with Crippen LogP contribution >= 0.6 is 22.7 Å². The third kappa shape index (κ3) is 2.62. The molecule has 0 bridgehead atoms. The van der Waals surface area contributed by atoms with E-state index in [1.54, 1.807) is 22.7 Å². The number of aliphatic imine (C=N–C) groups is 2. The summed E-state index contributed by atoms with van der Waals surface area (Å²) in [4.78, 5) is 12.3. The molecule has 1 aliphatic rings. The molecule has 5 heteroatoms. The number of amidine groups is 1. The Balaban J connectivity index is 1.96. The number of hydrogen-bond acceptors (Lipinski definition) is 5. The number of benzene rings is 1. The standard InChI is InChI=1S/C18H15N3S2/c1-19-18-17(15-9-5-11-23-15)21-16(14-8-4-10-22-14)12-6-2-3-7-13(12)20-18/h2-11,17H,1H3,(H,19,20). The molecule has 114 valence electrons. The summed E-state index contributed by atoms with van der Waals surface area (Å²) in [6.45, 7) is 0. The molecular weight excluding hydrogens is 322 g/mol. The Morgan fingerprint density at radius 1 is 0.957 bits per heavy atom. The number of rotatable bonds is 2. The van der Waals surface area contributed by atoms with Gasteiger partial charge in [0.2, 0.25) is 0 Å². The summed E-state index contributed by atoms with van der Waals surface area (Å²) >= 11 is 3.42. The highest BCUT2D eigenvalue weighted by molar-refractivity contribution is 7.12. The van der Waals surface area contributed by atoms with E-state index in [2.05, 4.69) is 46.4 Å². The number of para-hydroxylation sites is 1. The molecule has 1 N–H and O–H groups in total. The summed E-state index contributed by atoms with van der Waals surface area (Å²) in [6, 6.07) is 16.5. The van der Waals surface area contributed by atoms with Crippen molar-refractivity contribution < 1.29 is 0 Å². The van der Waals surface area contributed by atoms with Crippen molar-refractivity contribution in [3.63, 3.8) is 0 Å². The molecule has 1 unspecified atom stereocenters. The Hall–Kier alpha value is -2.24. The predicted octanol–water partition coefficient (Wildman–Crippen LogP) is 4.65. The van der Waals surface area contributed by atoms with E-state index in [4.69, 9.17) is 9.98 Å². The van der Waals surface area contributed by atoms with Crippen LogP contribution in [-0.2, 0) is 0 Å². The Kier molecular flexibility index (Phi) is 3.81. The van der Waals surface area contributed by atoms with E-state index >= 15 is 0 Å². The third-order valence-corrected chi connectivity index (χ3v) is 5.54. The highest BCUT2D eigenvalue weighted by Gasteiger charge is 2.24. The van der Waals surface area contributed by atoms with E-state index in [1.807, 2.05) is 25.2 Å². The van der Waals surface area contributed by atoms with Crippen LogP contribution in [0.1, 0.15) is 21.4 Å². The van der Waals surface area contributed by atoms with Crippen molar-refractivity contribution in [3.8, 4) is 0 Å². The number of nitrogens with zero attached hydrogens (tertiary/aromatic N) is 2. The van der Waals surface area contributed by atoms with E-state index < -0.39 is 0 Å². The van der Waals surface area contributed by atoms with Crippen molar-refractivity contribution >= 4 is 39.9 Å². The topological polar surface area (TPSA) is 36.8 Å². The van der Waals surface area contributed by atoms with Crippen molar-refractivity contribution in [2.24, 2.45) is 9.98 Å². The molecule has 2 aromatic heterocycles. The summed E-state index contributed by atoms with van der Waals surface area (Å²) in [7, 11) is 1.91. The summed E-state index contributed by atoms with van der Waals surface area (Å²) < 4.78 is 0. The minimum atomic E-state index is -0.0931. The Bertz CT molecular complexity index is 862. The molecule has 0 amide bonds. The van der Waals surface area contributed by atoms with Crippen molar-refractivity contribution in [3.05, 3.63) is 74.6 Å². The highest BCUT2D eigenvalue weighted by Crippen LogP contribution is 2.33. The van der Waals surface area contributed by atoms with Crippen LogP contribution in [0.25, 0.3) is 0 Å². The number of thiophene rings is 2. The molecule has 3 nitrogen and oxygen atoms in total. The van der Waals surface area contributed by atoms with Crippen molar-refractivity contribution in [1.29, 1.82) is 0 Å². The lowest BCUT2D eigenvalue weighted by Gasteiger charge is -2.13. The molecule has 1 atom stereocenters. The molecule has 0 saturated carbocycles. The van der Waals surface area contributed by atoms with E-state index in [0.29, 0.717) is 0 Å². The van der Waals surface area contributed by atoms with Crippen molar-refractivity contribution in [2.75, 3.05) is 7.05 Å². The molecule has 3 aromatic rings. The average Bonchev–Trinajstić information content (AvgIpc) is 3.26. The molecular formula is C18H15N3S2. The Morgan fingerprint density at radius 2 is 1.78 bits per heavy atom. The van der Waals surface area contributed by atoms with Gasteiger partial charge in [-0.1, -0.05) is 30.3 Å². The first-order chi connectivity index (χ1) is 11.4. The number of nitrogens with one attached hydrogen (secondary N) is 1. The van der Waals surface area contributed by atoms with Gasteiger partial charge in [-0.15, -0.1) is 22.7 Å². The number of likely N-dealkylation sites (N-methyl/N-ethyl adjacent to an activating group) is 1. The van der Waals surface area contributed by atoms with Gasteiger partial charge in [-0.2, -0.15) is 0 Å². The lowest BCUT2D eigenvalue weighted by atomic mass is 10.1. The van der Waals surface area contributed by atoms with Crippen molar-refractivity contribution in [1.82, 2.24) is 5.32 Å². The van der Waals surface area contributed by atoms with Crippen LogP contribution in [0.15, 0.2) is 69.3 Å². The minimum absolute atomic E-state index is 0.0931. The fourth-order valence-corrected chi connectivity index (χ4v) is 4.17. The average molecular weight is 337 g/mol. The third-order valence-electron chi connectivity index (χ3n) is 3.74. The summed E-state index contributed by atoms with van der Waals surface area (Å²) in [5.74, 6) is 0.881. The maximum atomic E-state index is 5.10. The van der Waals surface area contributed by atoms with Gasteiger partial charge in [-0.25, -0.2) is 4.99 Å². The van der Waals surface area contributed by atoms with Crippen LogP contribution in [0.2, 0.25) is 0 Å². The summed E-state index contributed by atoms with van der Waals surface area (Å²) in [6.07, 6.45) is 0. The minimum Gasteiger partial charge on any atom is -0.374 e. The van der Waals surface area contributed by atoms with Gasteiger partial charge in [-0.05, 0) is 29.0 Å². The zero-order valence-corrected chi connectivity index (χ0v) is 14.2. The maximum Gasteiger partial charge on any atom is 0.142 e. The number of fused-ring (bicyclic) bond motifs is 1. The van der Waals surface area contributed by atoms with E-state index in [1.165, 1.54) is 9.75 Å². The largest absolute Gasteiger partial charge is 0.374 e. The second kappa shape index (κ2) is 6.10. The van der Waals surface area contributed by atoms with Crippen LogP contribution in [0, 0.1) is 0 Å². The fourth-order valence-electron chi connectivity index (χ4n) is 2.67. The zero-order chi connectivity index (χ0) is 15.6. The predicted molar refractivity (Wildman–Crippen MR) is 99.6 cm³/mol. The highest BCUT2D eigenvalue weighted by atomic mass is 32.1. The van der Waals surface area contributed by atoms with Gasteiger partial charge < -0.3 is 5.32 Å². The SMILES string of the molecule is CNC1=Nc2ccccc2C(c2cccs2)=NC1c1cccs1. The lowest BCUT2D eigenvalue weighted by Crippen LogP contribution is -2.24. The van der Waals surface area contributed by atoms with Gasteiger partial charge in [0.25, 0.3) is 0 Å². The fraction of sp³-hybridized carbons (Fsp3) is 0.111. The molecule has 0 fully saturated rings. The van der Waals surface area contributed by atoms with Gasteiger partial charge in [0.15, 0.2) is 0 Å². The van der Waals surface area contributed by atoms with Crippen LogP contribution in [0.4, 0.5) is 5.69 Å². The first kappa shape index (κ1) is 14.4. The van der Waals surface area contributed by atoms with Crippen molar-refractivity contribution in [2.45, 2.75) is 6.04 Å². The molecule has 0 aliphatic carbocycles. The van der Waals surface area contributed by atoms with E-state index in [0.717, 1.165) is 22.8 Å². The summed E-state index contributed by atoms with van der Waals surface area (Å²) in [5.41, 5.74) is 3.06. The van der Waals surface area contributed by atoms with Crippen LogP contribution in [0.3, 0.4) is 0 Å².